The summed E-state index contributed by atoms with van der Waals surface area (Å²) in [4.78, 5) is 24.7. The van der Waals surface area contributed by atoms with Gasteiger partial charge in [-0.05, 0) is 17.7 Å². The van der Waals surface area contributed by atoms with E-state index in [1.165, 1.54) is 5.56 Å². The molecule has 0 bridgehead atoms. The third kappa shape index (κ3) is 4.28. The number of ether oxygens (including phenoxy) is 2. The summed E-state index contributed by atoms with van der Waals surface area (Å²) in [7, 11) is 5.22. The molecule has 1 N–H and O–H groups in total. The zero-order chi connectivity index (χ0) is 19.4. The van der Waals surface area contributed by atoms with Crippen molar-refractivity contribution in [2.45, 2.75) is 12.5 Å². The largest absolute Gasteiger partial charge is 0.516 e. The quantitative estimate of drug-likeness (QED) is 0.600. The van der Waals surface area contributed by atoms with Gasteiger partial charge in [0, 0.05) is 30.8 Å². The van der Waals surface area contributed by atoms with Gasteiger partial charge in [0.15, 0.2) is 0 Å². The Morgan fingerprint density at radius 2 is 1.96 bits per heavy atom. The van der Waals surface area contributed by atoms with Crippen LogP contribution < -0.4 is 10.1 Å². The van der Waals surface area contributed by atoms with Gasteiger partial charge < -0.3 is 14.8 Å². The highest BCUT2D eigenvalue weighted by Crippen LogP contribution is 2.27. The molecule has 1 unspecified atom stereocenters. The van der Waals surface area contributed by atoms with Gasteiger partial charge in [0.1, 0.15) is 12.3 Å². The topological polar surface area (TPSA) is 64.6 Å². The van der Waals surface area contributed by atoms with E-state index in [0.717, 1.165) is 6.42 Å². The Morgan fingerprint density at radius 3 is 2.59 bits per heavy atom. The molecule has 142 valence electrons. The van der Waals surface area contributed by atoms with Crippen LogP contribution in [-0.2, 0) is 11.2 Å². The zero-order valence-corrected chi connectivity index (χ0v) is 15.9. The molecule has 27 heavy (non-hydrogen) atoms. The van der Waals surface area contributed by atoms with Gasteiger partial charge in [-0.1, -0.05) is 30.3 Å². The van der Waals surface area contributed by atoms with E-state index in [4.69, 9.17) is 9.47 Å². The number of carbonyl (C=O) groups excluding carboxylic acids is 2. The number of cyclic esters (lactones) is 1. The minimum Gasteiger partial charge on any atom is -0.493 e. The fourth-order valence-electron chi connectivity index (χ4n) is 3.07. The molecule has 6 nitrogen and oxygen atoms in total. The zero-order valence-electron chi connectivity index (χ0n) is 15.9. The Morgan fingerprint density at radius 1 is 1.22 bits per heavy atom. The van der Waals surface area contributed by atoms with Gasteiger partial charge in [-0.2, -0.15) is 4.79 Å². The molecule has 0 aliphatic carbocycles. The van der Waals surface area contributed by atoms with Gasteiger partial charge in [-0.25, -0.2) is 4.48 Å². The first-order valence-corrected chi connectivity index (χ1v) is 8.97. The molecule has 1 saturated heterocycles. The van der Waals surface area contributed by atoms with Crippen molar-refractivity contribution in [1.29, 1.82) is 0 Å². The van der Waals surface area contributed by atoms with Crippen LogP contribution in [0.25, 0.3) is 0 Å². The Balaban J connectivity index is 1.67. The molecule has 3 rings (SSSR count). The monoisotopic (exact) mass is 369 g/mol. The summed E-state index contributed by atoms with van der Waals surface area (Å²) in [5.41, 5.74) is 2.36. The van der Waals surface area contributed by atoms with Crippen molar-refractivity contribution < 1.29 is 23.5 Å². The Labute approximate surface area is 159 Å². The highest BCUT2D eigenvalue weighted by Gasteiger charge is 2.46. The Kier molecular flexibility index (Phi) is 5.46. The number of quaternary nitrogens is 1. The second kappa shape index (κ2) is 7.80. The molecule has 2 aromatic carbocycles. The second-order valence-electron chi connectivity index (χ2n) is 7.15. The Hall–Kier alpha value is -2.86. The number of nitrogens with zero attached hydrogens (tertiary/aromatic N) is 1. The summed E-state index contributed by atoms with van der Waals surface area (Å²) < 4.78 is 11.1. The summed E-state index contributed by atoms with van der Waals surface area (Å²) in [6.07, 6.45) is -0.341. The first-order valence-electron chi connectivity index (χ1n) is 8.97. The smallest absolute Gasteiger partial charge is 0.493 e. The van der Waals surface area contributed by atoms with Crippen LogP contribution in [0, 0.1) is 0 Å². The third-order valence-corrected chi connectivity index (χ3v) is 4.68. The van der Waals surface area contributed by atoms with Crippen LogP contribution in [0.5, 0.6) is 5.75 Å². The summed E-state index contributed by atoms with van der Waals surface area (Å²) in [6.45, 7) is 0.877. The molecular formula is C21H25N2O4+. The molecule has 6 heteroatoms. The number of Topliss-reactive ketones (excluding diaryl/α,β-unsaturated/α-hetero) is 1. The first kappa shape index (κ1) is 18.9. The summed E-state index contributed by atoms with van der Waals surface area (Å²) in [6, 6.07) is 15.4. The third-order valence-electron chi connectivity index (χ3n) is 4.68. The lowest BCUT2D eigenvalue weighted by molar-refractivity contribution is -0.801. The van der Waals surface area contributed by atoms with Gasteiger partial charge in [0.25, 0.3) is 0 Å². The van der Waals surface area contributed by atoms with Crippen LogP contribution in [0.3, 0.4) is 0 Å². The van der Waals surface area contributed by atoms with Crippen LogP contribution in [0.1, 0.15) is 15.9 Å². The summed E-state index contributed by atoms with van der Waals surface area (Å²) in [5.74, 6) is 0.485. The molecule has 1 heterocycles. The number of rotatable bonds is 7. The number of carbonyl (C=O) groups is 2. The molecule has 1 fully saturated rings. The van der Waals surface area contributed by atoms with Crippen LogP contribution >= 0.6 is 0 Å². The Bertz CT molecular complexity index is 833. The minimum absolute atomic E-state index is 0.0476. The van der Waals surface area contributed by atoms with Crippen LogP contribution in [0.4, 0.5) is 10.5 Å². The highest BCUT2D eigenvalue weighted by atomic mass is 16.6. The van der Waals surface area contributed by atoms with E-state index in [9.17, 15) is 9.59 Å². The molecular weight excluding hydrogens is 344 g/mol. The van der Waals surface area contributed by atoms with E-state index in [1.807, 2.05) is 18.2 Å². The van der Waals surface area contributed by atoms with Crippen LogP contribution in [0.15, 0.2) is 48.5 Å². The second-order valence-corrected chi connectivity index (χ2v) is 7.15. The number of anilines is 1. The van der Waals surface area contributed by atoms with Gasteiger partial charge in [0.2, 0.25) is 11.9 Å². The highest BCUT2D eigenvalue weighted by molar-refractivity contribution is 6.05. The molecule has 1 aliphatic rings. The van der Waals surface area contributed by atoms with Gasteiger partial charge >= 0.3 is 6.09 Å². The molecule has 0 saturated carbocycles. The number of amides is 1. The first-order chi connectivity index (χ1) is 12.9. The lowest BCUT2D eigenvalue weighted by Crippen LogP contribution is -2.41. The molecule has 0 radical (unpaired) electrons. The van der Waals surface area contributed by atoms with Crippen molar-refractivity contribution >= 4 is 17.6 Å². The number of ketones is 1. The molecule has 2 aromatic rings. The summed E-state index contributed by atoms with van der Waals surface area (Å²) >= 11 is 0. The van der Waals surface area contributed by atoms with Crippen molar-refractivity contribution in [2.75, 3.05) is 39.6 Å². The van der Waals surface area contributed by atoms with Crippen molar-refractivity contribution in [3.05, 3.63) is 59.7 Å². The van der Waals surface area contributed by atoms with Gasteiger partial charge in [-0.3, -0.25) is 4.79 Å². The number of hydrogen-bond acceptors (Lipinski definition) is 5. The fraction of sp³-hybridized carbons (Fsp3) is 0.333. The van der Waals surface area contributed by atoms with Crippen molar-refractivity contribution in [2.24, 2.45) is 0 Å². The summed E-state index contributed by atoms with van der Waals surface area (Å²) in [5, 5.41) is 3.03. The van der Waals surface area contributed by atoms with Gasteiger partial charge in [-0.15, -0.1) is 0 Å². The van der Waals surface area contributed by atoms with E-state index in [0.29, 0.717) is 30.2 Å². The van der Waals surface area contributed by atoms with E-state index in [-0.39, 0.29) is 16.4 Å². The predicted molar refractivity (Wildman–Crippen MR) is 103 cm³/mol. The maximum atomic E-state index is 12.8. The predicted octanol–water partition coefficient (Wildman–Crippen LogP) is 3.13. The van der Waals surface area contributed by atoms with Crippen LogP contribution in [0.2, 0.25) is 0 Å². The van der Waals surface area contributed by atoms with E-state index < -0.39 is 6.10 Å². The SMILES string of the molecule is CNc1cc(OCCc2ccccc2)ccc1C(=O)C1C[N+](C)(C)C(=O)O1. The standard InChI is InChI=1S/C21H24N2O4/c1-22-18-13-16(26-12-11-15-7-5-4-6-8-15)9-10-17(18)20(24)19-14-23(2,3)21(25)27-19/h4-10,13,19H,11-12,14H2,1-3H3/p+1. The number of hydrogen-bond donors (Lipinski definition) is 1. The lowest BCUT2D eigenvalue weighted by atomic mass is 10.0. The van der Waals surface area contributed by atoms with Crippen LogP contribution in [-0.4, -0.2) is 56.8 Å². The van der Waals surface area contributed by atoms with E-state index >= 15 is 0 Å². The van der Waals surface area contributed by atoms with Crippen molar-refractivity contribution in [1.82, 2.24) is 0 Å². The van der Waals surface area contributed by atoms with Crippen molar-refractivity contribution in [3.63, 3.8) is 0 Å². The van der Waals surface area contributed by atoms with E-state index in [2.05, 4.69) is 17.4 Å². The average Bonchev–Trinajstić information content (AvgIpc) is 2.94. The van der Waals surface area contributed by atoms with E-state index in [1.54, 1.807) is 39.3 Å². The molecule has 1 amide bonds. The fourth-order valence-corrected chi connectivity index (χ4v) is 3.07. The molecule has 1 aliphatic heterocycles. The average molecular weight is 369 g/mol. The van der Waals surface area contributed by atoms with Gasteiger partial charge in [0.05, 0.1) is 20.7 Å². The van der Waals surface area contributed by atoms with Crippen molar-refractivity contribution in [3.8, 4) is 5.75 Å². The normalized spacial score (nSPS) is 18.0. The number of likely N-dealkylation sites (N-methyl/N-ethyl adjacent to an activating group) is 1. The minimum atomic E-state index is -0.760. The number of benzene rings is 2. The molecule has 1 atom stereocenters. The molecule has 0 spiro atoms. The maximum absolute atomic E-state index is 12.8. The lowest BCUT2D eigenvalue weighted by Gasteiger charge is -2.15. The number of nitrogens with one attached hydrogen (secondary N) is 1. The maximum Gasteiger partial charge on any atom is 0.516 e. The molecule has 0 aromatic heterocycles.